The van der Waals surface area contributed by atoms with Crippen LogP contribution in [-0.2, 0) is 0 Å². The van der Waals surface area contributed by atoms with Gasteiger partial charge in [0.05, 0.1) is 0 Å². The highest BCUT2D eigenvalue weighted by Gasteiger charge is 2.27. The SMILES string of the molecule is CCC1CCCCN1C(=O)c1cc(NC(C)c2ccccc2)ncn1. The average Bonchev–Trinajstić information content (AvgIpc) is 2.68. The van der Waals surface area contributed by atoms with Crippen molar-refractivity contribution >= 4 is 11.7 Å². The van der Waals surface area contributed by atoms with Gasteiger partial charge in [-0.2, -0.15) is 0 Å². The fourth-order valence-electron chi connectivity index (χ4n) is 3.44. The van der Waals surface area contributed by atoms with Crippen LogP contribution in [0.2, 0.25) is 0 Å². The molecule has 2 aromatic rings. The summed E-state index contributed by atoms with van der Waals surface area (Å²) in [7, 11) is 0. The molecule has 0 radical (unpaired) electrons. The van der Waals surface area contributed by atoms with Gasteiger partial charge in [-0.15, -0.1) is 0 Å². The molecule has 2 atom stereocenters. The maximum Gasteiger partial charge on any atom is 0.272 e. The molecule has 1 aromatic heterocycles. The second-order valence-electron chi connectivity index (χ2n) is 6.62. The van der Waals surface area contributed by atoms with E-state index in [1.807, 2.05) is 23.1 Å². The zero-order chi connectivity index (χ0) is 17.6. The third-order valence-electron chi connectivity index (χ3n) is 4.91. The monoisotopic (exact) mass is 338 g/mol. The first-order valence-corrected chi connectivity index (χ1v) is 9.13. The molecule has 5 heteroatoms. The first-order valence-electron chi connectivity index (χ1n) is 9.13. The zero-order valence-corrected chi connectivity index (χ0v) is 15.0. The van der Waals surface area contributed by atoms with E-state index in [-0.39, 0.29) is 11.9 Å². The molecule has 1 aliphatic heterocycles. The van der Waals surface area contributed by atoms with Crippen molar-refractivity contribution in [3.05, 3.63) is 54.0 Å². The predicted molar refractivity (Wildman–Crippen MR) is 99.5 cm³/mol. The van der Waals surface area contributed by atoms with Crippen LogP contribution >= 0.6 is 0 Å². The molecule has 0 spiro atoms. The summed E-state index contributed by atoms with van der Waals surface area (Å²) in [6.07, 6.45) is 5.82. The van der Waals surface area contributed by atoms with Crippen molar-refractivity contribution in [2.45, 2.75) is 51.6 Å². The highest BCUT2D eigenvalue weighted by atomic mass is 16.2. The summed E-state index contributed by atoms with van der Waals surface area (Å²) in [5.41, 5.74) is 1.65. The average molecular weight is 338 g/mol. The first-order chi connectivity index (χ1) is 12.2. The van der Waals surface area contributed by atoms with Crippen LogP contribution in [-0.4, -0.2) is 33.4 Å². The van der Waals surface area contributed by atoms with Gasteiger partial charge in [-0.25, -0.2) is 9.97 Å². The Hall–Kier alpha value is -2.43. The molecular weight excluding hydrogens is 312 g/mol. The summed E-state index contributed by atoms with van der Waals surface area (Å²) < 4.78 is 0. The van der Waals surface area contributed by atoms with Gasteiger partial charge in [-0.3, -0.25) is 4.79 Å². The van der Waals surface area contributed by atoms with E-state index < -0.39 is 0 Å². The fourth-order valence-corrected chi connectivity index (χ4v) is 3.44. The lowest BCUT2D eigenvalue weighted by atomic mass is 9.99. The Balaban J connectivity index is 1.73. The van der Waals surface area contributed by atoms with E-state index in [0.29, 0.717) is 17.6 Å². The topological polar surface area (TPSA) is 58.1 Å². The number of benzene rings is 1. The van der Waals surface area contributed by atoms with Crippen LogP contribution in [0, 0.1) is 0 Å². The molecule has 1 saturated heterocycles. The standard InChI is InChI=1S/C20H26N4O/c1-3-17-11-7-8-12-24(17)20(25)18-13-19(22-14-21-18)23-15(2)16-9-5-4-6-10-16/h4-6,9-10,13-15,17H,3,7-8,11-12H2,1-2H3,(H,21,22,23). The van der Waals surface area contributed by atoms with E-state index in [1.165, 1.54) is 18.3 Å². The van der Waals surface area contributed by atoms with Gasteiger partial charge in [0, 0.05) is 24.7 Å². The number of hydrogen-bond donors (Lipinski definition) is 1. The van der Waals surface area contributed by atoms with Gasteiger partial charge < -0.3 is 10.2 Å². The van der Waals surface area contributed by atoms with Crippen molar-refractivity contribution in [3.63, 3.8) is 0 Å². The van der Waals surface area contributed by atoms with Crippen LogP contribution in [0.5, 0.6) is 0 Å². The number of rotatable bonds is 5. The molecule has 0 aliphatic carbocycles. The van der Waals surface area contributed by atoms with Gasteiger partial charge in [0.2, 0.25) is 0 Å². The normalized spacial score (nSPS) is 18.6. The summed E-state index contributed by atoms with van der Waals surface area (Å²) >= 11 is 0. The summed E-state index contributed by atoms with van der Waals surface area (Å²) in [6.45, 7) is 5.05. The van der Waals surface area contributed by atoms with Crippen molar-refractivity contribution < 1.29 is 4.79 Å². The lowest BCUT2D eigenvalue weighted by molar-refractivity contribution is 0.0602. The van der Waals surface area contributed by atoms with Crippen molar-refractivity contribution in [2.24, 2.45) is 0 Å². The number of carbonyl (C=O) groups is 1. The molecular formula is C20H26N4O. The van der Waals surface area contributed by atoms with Gasteiger partial charge in [-0.1, -0.05) is 37.3 Å². The Morgan fingerprint density at radius 1 is 1.28 bits per heavy atom. The number of nitrogens with zero attached hydrogens (tertiary/aromatic N) is 3. The molecule has 25 heavy (non-hydrogen) atoms. The quantitative estimate of drug-likeness (QED) is 0.893. The number of carbonyl (C=O) groups excluding carboxylic acids is 1. The Morgan fingerprint density at radius 2 is 2.08 bits per heavy atom. The van der Waals surface area contributed by atoms with E-state index in [9.17, 15) is 4.79 Å². The molecule has 1 amide bonds. The second kappa shape index (κ2) is 8.10. The minimum absolute atomic E-state index is 0.0179. The molecule has 2 unspecified atom stereocenters. The van der Waals surface area contributed by atoms with Crippen LogP contribution in [0.25, 0.3) is 0 Å². The minimum atomic E-state index is 0.0179. The number of amides is 1. The number of anilines is 1. The largest absolute Gasteiger partial charge is 0.363 e. The molecule has 1 N–H and O–H groups in total. The molecule has 0 saturated carbocycles. The first kappa shape index (κ1) is 17.4. The van der Waals surface area contributed by atoms with Crippen LogP contribution in [0.1, 0.15) is 61.6 Å². The van der Waals surface area contributed by atoms with E-state index in [4.69, 9.17) is 0 Å². The molecule has 3 rings (SSSR count). The lowest BCUT2D eigenvalue weighted by Gasteiger charge is -2.35. The summed E-state index contributed by atoms with van der Waals surface area (Å²) in [6, 6.07) is 12.4. The van der Waals surface area contributed by atoms with E-state index in [2.05, 4.69) is 41.3 Å². The maximum absolute atomic E-state index is 12.9. The molecule has 1 aliphatic rings. The Labute approximate surface area is 149 Å². The minimum Gasteiger partial charge on any atom is -0.363 e. The second-order valence-corrected chi connectivity index (χ2v) is 6.62. The summed E-state index contributed by atoms with van der Waals surface area (Å²) in [4.78, 5) is 23.4. The number of piperidine rings is 1. The summed E-state index contributed by atoms with van der Waals surface area (Å²) in [5.74, 6) is 0.698. The van der Waals surface area contributed by atoms with Crippen molar-refractivity contribution in [2.75, 3.05) is 11.9 Å². The number of likely N-dealkylation sites (tertiary alicyclic amines) is 1. The number of nitrogens with one attached hydrogen (secondary N) is 1. The fraction of sp³-hybridized carbons (Fsp3) is 0.450. The van der Waals surface area contributed by atoms with Crippen molar-refractivity contribution in [3.8, 4) is 0 Å². The third kappa shape index (κ3) is 4.16. The number of hydrogen-bond acceptors (Lipinski definition) is 4. The predicted octanol–water partition coefficient (Wildman–Crippen LogP) is 4.05. The highest BCUT2D eigenvalue weighted by Crippen LogP contribution is 2.22. The third-order valence-corrected chi connectivity index (χ3v) is 4.91. The van der Waals surface area contributed by atoms with Gasteiger partial charge in [0.1, 0.15) is 17.8 Å². The number of aromatic nitrogens is 2. The molecule has 132 valence electrons. The summed E-state index contributed by atoms with van der Waals surface area (Å²) in [5, 5.41) is 3.36. The van der Waals surface area contributed by atoms with Crippen molar-refractivity contribution in [1.82, 2.24) is 14.9 Å². The van der Waals surface area contributed by atoms with E-state index in [0.717, 1.165) is 25.8 Å². The molecule has 1 aromatic carbocycles. The van der Waals surface area contributed by atoms with Gasteiger partial charge in [0.25, 0.3) is 5.91 Å². The maximum atomic E-state index is 12.9. The highest BCUT2D eigenvalue weighted by molar-refractivity contribution is 5.93. The Morgan fingerprint density at radius 3 is 2.84 bits per heavy atom. The Kier molecular flexibility index (Phi) is 5.64. The zero-order valence-electron chi connectivity index (χ0n) is 15.0. The van der Waals surface area contributed by atoms with Gasteiger partial charge in [-0.05, 0) is 38.2 Å². The smallest absolute Gasteiger partial charge is 0.272 e. The Bertz CT molecular complexity index is 704. The molecule has 1 fully saturated rings. The van der Waals surface area contributed by atoms with Gasteiger partial charge in [0.15, 0.2) is 0 Å². The molecule has 5 nitrogen and oxygen atoms in total. The van der Waals surface area contributed by atoms with E-state index >= 15 is 0 Å². The lowest BCUT2D eigenvalue weighted by Crippen LogP contribution is -2.43. The molecule has 2 heterocycles. The molecule has 0 bridgehead atoms. The van der Waals surface area contributed by atoms with Crippen LogP contribution in [0.15, 0.2) is 42.7 Å². The van der Waals surface area contributed by atoms with Crippen LogP contribution in [0.4, 0.5) is 5.82 Å². The van der Waals surface area contributed by atoms with Gasteiger partial charge >= 0.3 is 0 Å². The van der Waals surface area contributed by atoms with Crippen molar-refractivity contribution in [1.29, 1.82) is 0 Å². The van der Waals surface area contributed by atoms with E-state index in [1.54, 1.807) is 6.07 Å². The van der Waals surface area contributed by atoms with Crippen LogP contribution in [0.3, 0.4) is 0 Å². The van der Waals surface area contributed by atoms with Crippen LogP contribution < -0.4 is 5.32 Å².